The maximum atomic E-state index is 12.3. The van der Waals surface area contributed by atoms with Crippen molar-refractivity contribution in [3.8, 4) is 0 Å². The average Bonchev–Trinajstić information content (AvgIpc) is 2.62. The predicted octanol–water partition coefficient (Wildman–Crippen LogP) is 3.42. The van der Waals surface area contributed by atoms with Crippen LogP contribution in [-0.4, -0.2) is 37.5 Å². The van der Waals surface area contributed by atoms with Gasteiger partial charge < -0.3 is 15.0 Å². The van der Waals surface area contributed by atoms with Gasteiger partial charge in [-0.05, 0) is 30.7 Å². The molecular weight excluding hydrogens is 374 g/mol. The second kappa shape index (κ2) is 8.50. The molecule has 0 atom stereocenters. The molecule has 2 aromatic rings. The first kappa shape index (κ1) is 20.2. The lowest BCUT2D eigenvalue weighted by Crippen LogP contribution is -2.22. The molecule has 0 heterocycles. The van der Waals surface area contributed by atoms with Crippen LogP contribution >= 0.6 is 11.6 Å². The number of nitro groups is 1. The Hall–Kier alpha value is -3.13. The van der Waals surface area contributed by atoms with Crippen LogP contribution in [0.25, 0.3) is 0 Å². The molecule has 1 amide bonds. The van der Waals surface area contributed by atoms with Crippen LogP contribution in [0.2, 0.25) is 5.02 Å². The average molecular weight is 392 g/mol. The monoisotopic (exact) mass is 391 g/mol. The van der Waals surface area contributed by atoms with Crippen LogP contribution in [-0.2, 0) is 9.53 Å². The van der Waals surface area contributed by atoms with Crippen LogP contribution in [0.4, 0.5) is 17.1 Å². The highest BCUT2D eigenvalue weighted by Gasteiger charge is 2.20. The summed E-state index contributed by atoms with van der Waals surface area (Å²) >= 11 is 6.00. The van der Waals surface area contributed by atoms with Gasteiger partial charge >= 0.3 is 5.97 Å². The van der Waals surface area contributed by atoms with Gasteiger partial charge in [0.1, 0.15) is 0 Å². The molecule has 2 rings (SSSR count). The number of non-ortho nitro benzene ring substituents is 1. The summed E-state index contributed by atoms with van der Waals surface area (Å²) < 4.78 is 5.01. The van der Waals surface area contributed by atoms with E-state index < -0.39 is 23.4 Å². The number of ether oxygens (including phenoxy) is 1. The molecule has 142 valence electrons. The first-order chi connectivity index (χ1) is 12.7. The summed E-state index contributed by atoms with van der Waals surface area (Å²) in [6, 6.07) is 8.86. The number of anilines is 2. The smallest absolute Gasteiger partial charge is 0.341 e. The summed E-state index contributed by atoms with van der Waals surface area (Å²) in [6.07, 6.45) is 0. The number of carbonyl (C=O) groups excluding carboxylic acids is 2. The van der Waals surface area contributed by atoms with E-state index in [0.29, 0.717) is 16.4 Å². The number of nitro benzene ring substituents is 1. The van der Waals surface area contributed by atoms with Crippen LogP contribution in [0.1, 0.15) is 15.9 Å². The van der Waals surface area contributed by atoms with Crippen molar-refractivity contribution in [3.63, 3.8) is 0 Å². The van der Waals surface area contributed by atoms with Crippen molar-refractivity contribution in [2.24, 2.45) is 0 Å². The third-order valence-corrected chi connectivity index (χ3v) is 4.09. The molecule has 0 fully saturated rings. The zero-order valence-electron chi connectivity index (χ0n) is 15.0. The van der Waals surface area contributed by atoms with E-state index in [9.17, 15) is 19.7 Å². The molecule has 0 saturated heterocycles. The van der Waals surface area contributed by atoms with E-state index in [0.717, 1.165) is 11.6 Å². The lowest BCUT2D eigenvalue weighted by atomic mass is 10.1. The second-order valence-corrected chi connectivity index (χ2v) is 6.35. The number of esters is 1. The number of hydrogen-bond donors (Lipinski definition) is 1. The number of rotatable bonds is 6. The van der Waals surface area contributed by atoms with Gasteiger partial charge in [0.25, 0.3) is 11.6 Å². The van der Waals surface area contributed by atoms with Crippen LogP contribution in [0.15, 0.2) is 36.4 Å². The number of amides is 1. The molecule has 8 nitrogen and oxygen atoms in total. The Balaban J connectivity index is 2.08. The molecule has 27 heavy (non-hydrogen) atoms. The summed E-state index contributed by atoms with van der Waals surface area (Å²) in [5, 5.41) is 14.0. The largest absolute Gasteiger partial charge is 0.452 e. The minimum absolute atomic E-state index is 0.000352. The molecule has 0 spiro atoms. The second-order valence-electron chi connectivity index (χ2n) is 5.94. The van der Waals surface area contributed by atoms with Crippen molar-refractivity contribution >= 4 is 40.5 Å². The molecule has 0 aliphatic heterocycles. The maximum Gasteiger partial charge on any atom is 0.341 e. The van der Waals surface area contributed by atoms with Crippen molar-refractivity contribution < 1.29 is 19.2 Å². The summed E-state index contributed by atoms with van der Waals surface area (Å²) in [6.45, 7) is 1.29. The van der Waals surface area contributed by atoms with Gasteiger partial charge in [0.15, 0.2) is 6.61 Å². The molecule has 9 heteroatoms. The van der Waals surface area contributed by atoms with Gasteiger partial charge in [-0.25, -0.2) is 4.79 Å². The van der Waals surface area contributed by atoms with Crippen molar-refractivity contribution in [1.82, 2.24) is 0 Å². The molecular formula is C18H18ClN3O5. The third kappa shape index (κ3) is 5.18. The van der Waals surface area contributed by atoms with Gasteiger partial charge in [0.05, 0.1) is 16.2 Å². The Morgan fingerprint density at radius 1 is 1.22 bits per heavy atom. The van der Waals surface area contributed by atoms with Crippen LogP contribution in [0, 0.1) is 17.0 Å². The molecule has 0 unspecified atom stereocenters. The van der Waals surface area contributed by atoms with E-state index in [2.05, 4.69) is 5.32 Å². The highest BCUT2D eigenvalue weighted by Crippen LogP contribution is 2.25. The molecule has 0 aliphatic carbocycles. The molecule has 0 radical (unpaired) electrons. The fourth-order valence-electron chi connectivity index (χ4n) is 2.27. The van der Waals surface area contributed by atoms with Crippen molar-refractivity contribution in [2.75, 3.05) is 30.9 Å². The van der Waals surface area contributed by atoms with Gasteiger partial charge in [-0.2, -0.15) is 0 Å². The van der Waals surface area contributed by atoms with Gasteiger partial charge in [-0.15, -0.1) is 0 Å². The van der Waals surface area contributed by atoms with E-state index in [1.807, 2.05) is 6.92 Å². The summed E-state index contributed by atoms with van der Waals surface area (Å²) in [4.78, 5) is 36.3. The number of benzene rings is 2. The number of carbonyl (C=O) groups is 2. The molecule has 1 N–H and O–H groups in total. The molecule has 0 bridgehead atoms. The quantitative estimate of drug-likeness (QED) is 0.460. The number of nitrogens with zero attached hydrogens (tertiary/aromatic N) is 2. The van der Waals surface area contributed by atoms with Crippen molar-refractivity contribution in [1.29, 1.82) is 0 Å². The van der Waals surface area contributed by atoms with E-state index in [1.54, 1.807) is 37.2 Å². The summed E-state index contributed by atoms with van der Waals surface area (Å²) in [5.74, 6) is -1.39. The number of hydrogen-bond acceptors (Lipinski definition) is 6. The van der Waals surface area contributed by atoms with Gasteiger partial charge in [-0.3, -0.25) is 14.9 Å². The standard InChI is InChI=1S/C18H18ClN3O5/c1-11-4-5-12(8-15(11)19)20-17(23)10-27-18(24)14-9-13(22(25)26)6-7-16(14)21(2)3/h4-9H,10H2,1-3H3,(H,20,23). The van der Waals surface area contributed by atoms with E-state index in [1.165, 1.54) is 12.1 Å². The first-order valence-electron chi connectivity index (χ1n) is 7.88. The maximum absolute atomic E-state index is 12.3. The van der Waals surface area contributed by atoms with Crippen molar-refractivity contribution in [2.45, 2.75) is 6.92 Å². The topological polar surface area (TPSA) is 102 Å². The SMILES string of the molecule is Cc1ccc(NC(=O)COC(=O)c2cc([N+](=O)[O-])ccc2N(C)C)cc1Cl. The fourth-order valence-corrected chi connectivity index (χ4v) is 2.45. The Kier molecular flexibility index (Phi) is 6.36. The Morgan fingerprint density at radius 3 is 2.52 bits per heavy atom. The summed E-state index contributed by atoms with van der Waals surface area (Å²) in [5.41, 5.74) is 1.53. The Labute approximate surface area is 160 Å². The van der Waals surface area contributed by atoms with E-state index in [4.69, 9.17) is 16.3 Å². The number of nitrogens with one attached hydrogen (secondary N) is 1. The Bertz CT molecular complexity index is 899. The van der Waals surface area contributed by atoms with Gasteiger partial charge in [0.2, 0.25) is 0 Å². The van der Waals surface area contributed by atoms with Crippen molar-refractivity contribution in [3.05, 3.63) is 62.7 Å². The van der Waals surface area contributed by atoms with Crippen LogP contribution in [0.3, 0.4) is 0 Å². The molecule has 2 aromatic carbocycles. The number of halogens is 1. The fraction of sp³-hybridized carbons (Fsp3) is 0.222. The van der Waals surface area contributed by atoms with E-state index >= 15 is 0 Å². The van der Waals surface area contributed by atoms with Crippen LogP contribution in [0.5, 0.6) is 0 Å². The lowest BCUT2D eigenvalue weighted by Gasteiger charge is -2.16. The highest BCUT2D eigenvalue weighted by atomic mass is 35.5. The zero-order chi connectivity index (χ0) is 20.1. The third-order valence-electron chi connectivity index (χ3n) is 3.68. The summed E-state index contributed by atoms with van der Waals surface area (Å²) in [7, 11) is 3.37. The first-order valence-corrected chi connectivity index (χ1v) is 8.25. The molecule has 0 saturated carbocycles. The predicted molar refractivity (Wildman–Crippen MR) is 103 cm³/mol. The number of aryl methyl sites for hydroxylation is 1. The molecule has 0 aliphatic rings. The lowest BCUT2D eigenvalue weighted by molar-refractivity contribution is -0.384. The van der Waals surface area contributed by atoms with Gasteiger partial charge in [-0.1, -0.05) is 17.7 Å². The highest BCUT2D eigenvalue weighted by molar-refractivity contribution is 6.31. The minimum atomic E-state index is -0.834. The Morgan fingerprint density at radius 2 is 1.93 bits per heavy atom. The van der Waals surface area contributed by atoms with E-state index in [-0.39, 0.29) is 11.3 Å². The normalized spacial score (nSPS) is 10.2. The molecule has 0 aromatic heterocycles. The zero-order valence-corrected chi connectivity index (χ0v) is 15.7. The van der Waals surface area contributed by atoms with Crippen LogP contribution < -0.4 is 10.2 Å². The van der Waals surface area contributed by atoms with Gasteiger partial charge in [0, 0.05) is 36.9 Å². The minimum Gasteiger partial charge on any atom is -0.452 e.